The fourth-order valence-electron chi connectivity index (χ4n) is 4.37. The second-order valence-electron chi connectivity index (χ2n) is 11.1. The van der Waals surface area contributed by atoms with Crippen LogP contribution in [0.1, 0.15) is 43.2 Å². The van der Waals surface area contributed by atoms with Crippen molar-refractivity contribution in [2.75, 3.05) is 32.0 Å². The lowest BCUT2D eigenvalue weighted by atomic mass is 9.84. The lowest BCUT2D eigenvalue weighted by Gasteiger charge is -2.21. The number of benzene rings is 2. The number of aryl methyl sites for hydroxylation is 1. The van der Waals surface area contributed by atoms with Gasteiger partial charge in [0, 0.05) is 36.3 Å². The Morgan fingerprint density at radius 3 is 2.39 bits per heavy atom. The van der Waals surface area contributed by atoms with Crippen molar-refractivity contribution in [3.05, 3.63) is 89.3 Å². The van der Waals surface area contributed by atoms with Crippen molar-refractivity contribution >= 4 is 35.2 Å². The Bertz CT molecular complexity index is 1490. The number of hydrogen-bond donors (Lipinski definition) is 2. The molecule has 0 atom stereocenters. The molecule has 3 heterocycles. The minimum absolute atomic E-state index is 0.0901. The van der Waals surface area contributed by atoms with Crippen LogP contribution in [-0.4, -0.2) is 48.5 Å². The van der Waals surface area contributed by atoms with Crippen LogP contribution < -0.4 is 11.1 Å². The molecule has 0 radical (unpaired) electrons. The third kappa shape index (κ3) is 8.28. The Hall–Kier alpha value is -4.43. The molecule has 4 aromatic rings. The van der Waals surface area contributed by atoms with E-state index in [2.05, 4.69) is 74.4 Å². The lowest BCUT2D eigenvalue weighted by molar-refractivity contribution is -0.121. The van der Waals surface area contributed by atoms with E-state index in [-0.39, 0.29) is 11.3 Å². The van der Waals surface area contributed by atoms with Gasteiger partial charge in [-0.2, -0.15) is 0 Å². The van der Waals surface area contributed by atoms with Gasteiger partial charge >= 0.3 is 0 Å². The molecule has 0 spiro atoms. The van der Waals surface area contributed by atoms with Crippen LogP contribution in [0.4, 0.5) is 5.82 Å². The van der Waals surface area contributed by atoms with E-state index in [4.69, 9.17) is 14.9 Å². The Morgan fingerprint density at radius 2 is 1.78 bits per heavy atom. The lowest BCUT2D eigenvalue weighted by Crippen LogP contribution is -2.34. The maximum Gasteiger partial charge on any atom is 0.244 e. The number of aromatic nitrogens is 1. The molecule has 1 aliphatic heterocycles. The van der Waals surface area contributed by atoms with Crippen molar-refractivity contribution in [1.29, 1.82) is 0 Å². The van der Waals surface area contributed by atoms with Gasteiger partial charge in [0.1, 0.15) is 17.2 Å². The van der Waals surface area contributed by atoms with Crippen molar-refractivity contribution < 1.29 is 18.7 Å². The number of fused-ring (bicyclic) bond motifs is 1. The molecule has 2 aromatic heterocycles. The van der Waals surface area contributed by atoms with Crippen LogP contribution in [0.5, 0.6) is 0 Å². The molecule has 1 fully saturated rings. The van der Waals surface area contributed by atoms with Gasteiger partial charge in [-0.3, -0.25) is 9.59 Å². The van der Waals surface area contributed by atoms with Gasteiger partial charge in [0.2, 0.25) is 12.3 Å². The number of amides is 2. The van der Waals surface area contributed by atoms with E-state index in [1.807, 2.05) is 12.1 Å². The minimum Gasteiger partial charge on any atom is -0.459 e. The van der Waals surface area contributed by atoms with Crippen molar-refractivity contribution in [1.82, 2.24) is 15.2 Å². The van der Waals surface area contributed by atoms with Gasteiger partial charge in [0.25, 0.3) is 0 Å². The fraction of sp³-hybridized carbons (Fsp3) is 0.303. The van der Waals surface area contributed by atoms with Gasteiger partial charge in [-0.05, 0) is 65.4 Å². The van der Waals surface area contributed by atoms with Crippen molar-refractivity contribution in [3.63, 3.8) is 0 Å². The van der Waals surface area contributed by atoms with Gasteiger partial charge in [-0.15, -0.1) is 0 Å². The topological polar surface area (TPSA) is 111 Å². The fourth-order valence-corrected chi connectivity index (χ4v) is 4.37. The maximum atomic E-state index is 12.3. The van der Waals surface area contributed by atoms with Crippen LogP contribution >= 0.6 is 0 Å². The van der Waals surface area contributed by atoms with Gasteiger partial charge < -0.3 is 25.1 Å². The molecule has 3 N–H and O–H groups in total. The van der Waals surface area contributed by atoms with Gasteiger partial charge in [-0.1, -0.05) is 50.6 Å². The number of hydrogen-bond acceptors (Lipinski definition) is 6. The number of nitrogen functional groups attached to an aromatic ring is 1. The summed E-state index contributed by atoms with van der Waals surface area (Å²) in [5.74, 6) is 0.956. The molecule has 0 bridgehead atoms. The number of anilines is 1. The van der Waals surface area contributed by atoms with Crippen LogP contribution in [0.25, 0.3) is 28.2 Å². The normalized spacial score (nSPS) is 13.6. The standard InChI is InChI=1S/C28H29N3O2.C5H9NO2/c1-18-5-9-20(10-6-18)21-13-22-14-23(33-27(22)24(15-21)28(2,3)4)17-31-26(32)12-8-19-7-11-25(29)30-16-19;7-5-6-1-3-8-4-2-6/h5-16H,17H2,1-4H3,(H2,29,30)(H,31,32);5H,1-4H2/b12-8+;. The molecular formula is C33H38N4O4. The van der Waals surface area contributed by atoms with E-state index in [0.717, 1.165) is 47.2 Å². The van der Waals surface area contributed by atoms with E-state index < -0.39 is 0 Å². The quantitative estimate of drug-likeness (QED) is 0.241. The smallest absolute Gasteiger partial charge is 0.244 e. The molecule has 8 heteroatoms. The molecule has 214 valence electrons. The molecule has 8 nitrogen and oxygen atoms in total. The van der Waals surface area contributed by atoms with Crippen LogP contribution in [-0.2, 0) is 26.3 Å². The highest BCUT2D eigenvalue weighted by molar-refractivity contribution is 5.92. The number of nitrogens with two attached hydrogens (primary N) is 1. The first-order valence-electron chi connectivity index (χ1n) is 13.7. The maximum absolute atomic E-state index is 12.3. The Morgan fingerprint density at radius 1 is 1.05 bits per heavy atom. The zero-order valence-corrected chi connectivity index (χ0v) is 24.1. The number of carbonyl (C=O) groups excluding carboxylic acids is 2. The molecule has 1 aliphatic rings. The monoisotopic (exact) mass is 554 g/mol. The second kappa shape index (κ2) is 13.3. The molecule has 0 saturated carbocycles. The van der Waals surface area contributed by atoms with Crippen molar-refractivity contribution in [2.24, 2.45) is 0 Å². The summed E-state index contributed by atoms with van der Waals surface area (Å²) in [4.78, 5) is 28.0. The molecule has 2 aromatic carbocycles. The molecule has 1 saturated heterocycles. The zero-order chi connectivity index (χ0) is 29.4. The summed E-state index contributed by atoms with van der Waals surface area (Å²) in [6.45, 7) is 11.8. The van der Waals surface area contributed by atoms with E-state index in [1.165, 1.54) is 17.2 Å². The average molecular weight is 555 g/mol. The molecule has 5 rings (SSSR count). The summed E-state index contributed by atoms with van der Waals surface area (Å²) in [7, 11) is 0. The number of morpholine rings is 1. The number of rotatable bonds is 6. The molecule has 2 amide bonds. The van der Waals surface area contributed by atoms with Gasteiger partial charge in [0.15, 0.2) is 0 Å². The summed E-state index contributed by atoms with van der Waals surface area (Å²) < 4.78 is 11.2. The van der Waals surface area contributed by atoms with Crippen LogP contribution in [0.3, 0.4) is 0 Å². The number of pyridine rings is 1. The predicted molar refractivity (Wildman–Crippen MR) is 163 cm³/mol. The molecule has 41 heavy (non-hydrogen) atoms. The summed E-state index contributed by atoms with van der Waals surface area (Å²) in [5.41, 5.74) is 11.9. The summed E-state index contributed by atoms with van der Waals surface area (Å²) in [5, 5.41) is 3.92. The molecular weight excluding hydrogens is 516 g/mol. The average Bonchev–Trinajstić information content (AvgIpc) is 3.39. The van der Waals surface area contributed by atoms with E-state index in [1.54, 1.807) is 23.2 Å². The summed E-state index contributed by atoms with van der Waals surface area (Å²) in [6, 6.07) is 18.4. The minimum atomic E-state index is -0.205. The number of carbonyl (C=O) groups is 2. The molecule has 0 unspecified atom stereocenters. The van der Waals surface area contributed by atoms with E-state index in [9.17, 15) is 9.59 Å². The third-order valence-corrected chi connectivity index (χ3v) is 6.73. The Kier molecular flexibility index (Phi) is 9.57. The number of furan rings is 1. The Labute approximate surface area is 241 Å². The van der Waals surface area contributed by atoms with Crippen LogP contribution in [0.2, 0.25) is 0 Å². The predicted octanol–water partition coefficient (Wildman–Crippen LogP) is 5.49. The van der Waals surface area contributed by atoms with Gasteiger partial charge in [0.05, 0.1) is 19.8 Å². The van der Waals surface area contributed by atoms with Gasteiger partial charge in [-0.25, -0.2) is 4.98 Å². The largest absolute Gasteiger partial charge is 0.459 e. The van der Waals surface area contributed by atoms with Crippen LogP contribution in [0, 0.1) is 6.92 Å². The molecule has 0 aliphatic carbocycles. The van der Waals surface area contributed by atoms with Crippen molar-refractivity contribution in [3.8, 4) is 11.1 Å². The first kappa shape index (κ1) is 29.6. The third-order valence-electron chi connectivity index (χ3n) is 6.73. The highest BCUT2D eigenvalue weighted by Crippen LogP contribution is 2.36. The zero-order valence-electron chi connectivity index (χ0n) is 24.1. The summed E-state index contributed by atoms with van der Waals surface area (Å²) >= 11 is 0. The number of ether oxygens (including phenoxy) is 1. The first-order chi connectivity index (χ1) is 19.6. The number of nitrogens with zero attached hydrogens (tertiary/aromatic N) is 2. The number of nitrogens with one attached hydrogen (secondary N) is 1. The van der Waals surface area contributed by atoms with E-state index >= 15 is 0 Å². The van der Waals surface area contributed by atoms with E-state index in [0.29, 0.717) is 31.3 Å². The van der Waals surface area contributed by atoms with Crippen molar-refractivity contribution in [2.45, 2.75) is 39.7 Å². The summed E-state index contributed by atoms with van der Waals surface area (Å²) in [6.07, 6.45) is 5.67. The van der Waals surface area contributed by atoms with Crippen LogP contribution in [0.15, 0.2) is 71.3 Å². The second-order valence-corrected chi connectivity index (χ2v) is 11.1. The SMILES string of the molecule is Cc1ccc(-c2cc(C(C)(C)C)c3oc(CNC(=O)/C=C/c4ccc(N)nc4)cc3c2)cc1.O=CN1CCOCC1. The highest BCUT2D eigenvalue weighted by atomic mass is 16.5. The highest BCUT2D eigenvalue weighted by Gasteiger charge is 2.21. The first-order valence-corrected chi connectivity index (χ1v) is 13.7. The Balaban J connectivity index is 0.000000417.